The van der Waals surface area contributed by atoms with Crippen LogP contribution in [0.2, 0.25) is 0 Å². The van der Waals surface area contributed by atoms with Gasteiger partial charge in [-0.05, 0) is 54.8 Å². The predicted molar refractivity (Wildman–Crippen MR) is 112 cm³/mol. The molecule has 0 aromatic heterocycles. The number of fused-ring (bicyclic) bond motifs is 1. The minimum atomic E-state index is -0.170. The Morgan fingerprint density at radius 1 is 1.03 bits per heavy atom. The van der Waals surface area contributed by atoms with Crippen molar-refractivity contribution in [1.29, 1.82) is 0 Å². The monoisotopic (exact) mass is 397 g/mol. The fourth-order valence-electron chi connectivity index (χ4n) is 5.13. The van der Waals surface area contributed by atoms with Crippen molar-refractivity contribution >= 4 is 0 Å². The number of hydrogen-bond donors (Lipinski definition) is 1. The molecule has 3 unspecified atom stereocenters. The molecule has 0 spiro atoms. The van der Waals surface area contributed by atoms with Gasteiger partial charge in [0.1, 0.15) is 0 Å². The Balaban J connectivity index is 1.68. The van der Waals surface area contributed by atoms with Crippen LogP contribution in [0.25, 0.3) is 0 Å². The second kappa shape index (κ2) is 9.16. The first kappa shape index (κ1) is 20.2. The van der Waals surface area contributed by atoms with Gasteiger partial charge in [0, 0.05) is 11.5 Å². The third-order valence-electron chi connectivity index (χ3n) is 6.44. The summed E-state index contributed by atoms with van der Waals surface area (Å²) in [6.45, 7) is 1.92. The molecule has 2 aromatic carbocycles. The third-order valence-corrected chi connectivity index (χ3v) is 6.44. The van der Waals surface area contributed by atoms with Crippen LogP contribution < -0.4 is 15.2 Å². The molecule has 1 fully saturated rings. The van der Waals surface area contributed by atoms with Crippen LogP contribution in [0, 0.1) is 11.8 Å². The van der Waals surface area contributed by atoms with E-state index in [0.29, 0.717) is 25.7 Å². The van der Waals surface area contributed by atoms with E-state index in [4.69, 9.17) is 24.7 Å². The van der Waals surface area contributed by atoms with Crippen LogP contribution in [0.5, 0.6) is 11.5 Å². The van der Waals surface area contributed by atoms with E-state index >= 15 is 0 Å². The molecule has 0 bridgehead atoms. The van der Waals surface area contributed by atoms with E-state index < -0.39 is 0 Å². The number of rotatable bonds is 7. The Kier molecular flexibility index (Phi) is 6.38. The molecule has 5 heteroatoms. The van der Waals surface area contributed by atoms with Gasteiger partial charge in [0.25, 0.3) is 0 Å². The topological polar surface area (TPSA) is 62.9 Å². The van der Waals surface area contributed by atoms with Crippen molar-refractivity contribution in [3.8, 4) is 11.5 Å². The smallest absolute Gasteiger partial charge is 0.164 e. The van der Waals surface area contributed by atoms with Crippen molar-refractivity contribution in [2.24, 2.45) is 17.6 Å². The summed E-state index contributed by atoms with van der Waals surface area (Å²) in [5.41, 5.74) is 10.2. The number of benzene rings is 2. The number of methoxy groups -OCH3 is 2. The number of nitrogens with two attached hydrogens (primary N) is 1. The largest absolute Gasteiger partial charge is 0.493 e. The van der Waals surface area contributed by atoms with Crippen molar-refractivity contribution < 1.29 is 18.9 Å². The zero-order chi connectivity index (χ0) is 20.2. The highest BCUT2D eigenvalue weighted by Crippen LogP contribution is 2.47. The molecule has 1 heterocycles. The Morgan fingerprint density at radius 2 is 1.79 bits per heavy atom. The average molecular weight is 398 g/mol. The first-order valence-electron chi connectivity index (χ1n) is 10.5. The van der Waals surface area contributed by atoms with Crippen molar-refractivity contribution in [3.63, 3.8) is 0 Å². The molecule has 0 radical (unpaired) electrons. The highest BCUT2D eigenvalue weighted by Gasteiger charge is 2.41. The summed E-state index contributed by atoms with van der Waals surface area (Å²) in [5.74, 6) is 2.50. The van der Waals surface area contributed by atoms with E-state index in [1.54, 1.807) is 14.2 Å². The summed E-state index contributed by atoms with van der Waals surface area (Å²) in [6.07, 6.45) is 2.72. The maximum Gasteiger partial charge on any atom is 0.164 e. The lowest BCUT2D eigenvalue weighted by Crippen LogP contribution is -2.39. The summed E-state index contributed by atoms with van der Waals surface area (Å²) in [7, 11) is 3.39. The molecular weight excluding hydrogens is 366 g/mol. The zero-order valence-corrected chi connectivity index (χ0v) is 17.3. The van der Waals surface area contributed by atoms with Gasteiger partial charge in [-0.15, -0.1) is 0 Å². The summed E-state index contributed by atoms with van der Waals surface area (Å²) >= 11 is 0. The van der Waals surface area contributed by atoms with Crippen LogP contribution in [0.1, 0.15) is 29.0 Å². The fourth-order valence-corrected chi connectivity index (χ4v) is 5.13. The summed E-state index contributed by atoms with van der Waals surface area (Å²) in [4.78, 5) is 0. The van der Waals surface area contributed by atoms with Crippen molar-refractivity contribution in [2.75, 3.05) is 34.0 Å². The Hall–Kier alpha value is -2.08. The van der Waals surface area contributed by atoms with Gasteiger partial charge in [0.15, 0.2) is 17.8 Å². The minimum Gasteiger partial charge on any atom is -0.493 e. The lowest BCUT2D eigenvalue weighted by Gasteiger charge is -2.40. The van der Waals surface area contributed by atoms with Crippen LogP contribution in [0.4, 0.5) is 0 Å². The Morgan fingerprint density at radius 3 is 2.45 bits per heavy atom. The van der Waals surface area contributed by atoms with Crippen LogP contribution in [0.15, 0.2) is 42.5 Å². The second-order valence-electron chi connectivity index (χ2n) is 7.88. The molecule has 2 aromatic rings. The highest BCUT2D eigenvalue weighted by molar-refractivity contribution is 5.53. The van der Waals surface area contributed by atoms with Crippen molar-refractivity contribution in [2.45, 2.75) is 31.5 Å². The summed E-state index contributed by atoms with van der Waals surface area (Å²) in [5, 5.41) is 0. The average Bonchev–Trinajstić information content (AvgIpc) is 3.31. The quantitative estimate of drug-likeness (QED) is 0.774. The van der Waals surface area contributed by atoms with Gasteiger partial charge in [-0.1, -0.05) is 36.4 Å². The van der Waals surface area contributed by atoms with Gasteiger partial charge < -0.3 is 24.7 Å². The van der Waals surface area contributed by atoms with Crippen LogP contribution >= 0.6 is 0 Å². The zero-order valence-electron chi connectivity index (χ0n) is 17.3. The molecule has 156 valence electrons. The molecule has 1 aliphatic heterocycles. The van der Waals surface area contributed by atoms with Crippen molar-refractivity contribution in [3.05, 3.63) is 59.2 Å². The number of hydrogen-bond acceptors (Lipinski definition) is 5. The Labute approximate surface area is 173 Å². The molecule has 0 amide bonds. The molecule has 0 saturated carbocycles. The first-order chi connectivity index (χ1) is 14.3. The molecule has 1 saturated heterocycles. The Bertz CT molecular complexity index is 804. The fraction of sp³-hybridized carbons (Fsp3) is 0.500. The second-order valence-corrected chi connectivity index (χ2v) is 7.88. The SMILES string of the molecule is COc1ccc2c(c1OC)CCC(C(Cc1ccccc1)C1OCCO1)C2CN. The lowest BCUT2D eigenvalue weighted by molar-refractivity contribution is -0.104. The van der Waals surface area contributed by atoms with E-state index in [-0.39, 0.29) is 18.1 Å². The molecule has 4 rings (SSSR count). The highest BCUT2D eigenvalue weighted by atomic mass is 16.7. The minimum absolute atomic E-state index is 0.170. The van der Waals surface area contributed by atoms with E-state index in [9.17, 15) is 0 Å². The normalized spacial score (nSPS) is 22.9. The standard InChI is InChI=1S/C24H31NO4/c1-26-22-11-10-17-19(23(22)27-2)9-8-18(21(17)15-25)20(24-28-12-13-29-24)14-16-6-4-3-5-7-16/h3-7,10-11,18,20-21,24H,8-9,12-15,25H2,1-2H3. The van der Waals surface area contributed by atoms with E-state index in [0.717, 1.165) is 30.8 Å². The van der Waals surface area contributed by atoms with E-state index in [2.05, 4.69) is 36.4 Å². The van der Waals surface area contributed by atoms with Gasteiger partial charge in [-0.3, -0.25) is 0 Å². The molecule has 1 aliphatic carbocycles. The van der Waals surface area contributed by atoms with Gasteiger partial charge >= 0.3 is 0 Å². The lowest BCUT2D eigenvalue weighted by atomic mass is 9.67. The maximum atomic E-state index is 6.35. The summed E-state index contributed by atoms with van der Waals surface area (Å²) < 4.78 is 23.2. The van der Waals surface area contributed by atoms with E-state index in [1.807, 2.05) is 6.07 Å². The third kappa shape index (κ3) is 4.00. The van der Waals surface area contributed by atoms with Gasteiger partial charge in [-0.25, -0.2) is 0 Å². The van der Waals surface area contributed by atoms with Gasteiger partial charge in [0.2, 0.25) is 0 Å². The van der Waals surface area contributed by atoms with Crippen molar-refractivity contribution in [1.82, 2.24) is 0 Å². The van der Waals surface area contributed by atoms with Crippen LogP contribution in [-0.2, 0) is 22.3 Å². The summed E-state index contributed by atoms with van der Waals surface area (Å²) in [6, 6.07) is 14.8. The van der Waals surface area contributed by atoms with Crippen LogP contribution in [-0.4, -0.2) is 40.3 Å². The number of ether oxygens (including phenoxy) is 4. The molecular formula is C24H31NO4. The predicted octanol–water partition coefficient (Wildman–Crippen LogP) is 3.54. The van der Waals surface area contributed by atoms with Gasteiger partial charge in [-0.2, -0.15) is 0 Å². The maximum absolute atomic E-state index is 6.35. The molecule has 29 heavy (non-hydrogen) atoms. The first-order valence-corrected chi connectivity index (χ1v) is 10.5. The van der Waals surface area contributed by atoms with Crippen LogP contribution in [0.3, 0.4) is 0 Å². The van der Waals surface area contributed by atoms with Gasteiger partial charge in [0.05, 0.1) is 27.4 Å². The molecule has 3 atom stereocenters. The molecule has 2 aliphatic rings. The van der Waals surface area contributed by atoms with E-state index in [1.165, 1.54) is 16.7 Å². The molecule has 2 N–H and O–H groups in total. The molecule has 5 nitrogen and oxygen atoms in total.